The molecule has 0 saturated carbocycles. The molecule has 1 aromatic carbocycles. The van der Waals surface area contributed by atoms with E-state index < -0.39 is 22.9 Å². The highest BCUT2D eigenvalue weighted by Crippen LogP contribution is 2.21. The van der Waals surface area contributed by atoms with Crippen molar-refractivity contribution in [1.82, 2.24) is 29.0 Å². The summed E-state index contributed by atoms with van der Waals surface area (Å²) in [6, 6.07) is 9.44. The van der Waals surface area contributed by atoms with Crippen LogP contribution in [0.4, 0.5) is 10.7 Å². The number of anilines is 1. The second-order valence-electron chi connectivity index (χ2n) is 11.2. The van der Waals surface area contributed by atoms with E-state index in [-0.39, 0.29) is 30.3 Å². The van der Waals surface area contributed by atoms with Crippen LogP contribution in [0.25, 0.3) is 21.9 Å². The predicted octanol–water partition coefficient (Wildman–Crippen LogP) is 3.17. The van der Waals surface area contributed by atoms with Crippen molar-refractivity contribution >= 4 is 34.0 Å². The molecule has 11 heteroatoms. The van der Waals surface area contributed by atoms with Crippen molar-refractivity contribution in [3.63, 3.8) is 0 Å². The molecule has 0 aliphatic carbocycles. The average Bonchev–Trinajstić information content (AvgIpc) is 3.27. The second-order valence-corrected chi connectivity index (χ2v) is 11.2. The smallest absolute Gasteiger partial charge is 0.407 e. The van der Waals surface area contributed by atoms with Gasteiger partial charge in [0.05, 0.1) is 18.8 Å². The molecule has 4 rings (SSSR count). The van der Waals surface area contributed by atoms with Crippen molar-refractivity contribution in [2.24, 2.45) is 7.05 Å². The van der Waals surface area contributed by atoms with E-state index in [9.17, 15) is 14.4 Å². The SMILES string of the molecule is CC#CCn1c(N(C)C[C@@H](C)NC(=O)OC(C)(C)C)nc2c1c(=O)n(Cc1nc(C)cc3ccccc13)c(=O)n2C. The van der Waals surface area contributed by atoms with Gasteiger partial charge in [-0.25, -0.2) is 9.59 Å². The number of likely N-dealkylation sites (N-methyl/N-ethyl adjacent to an activating group) is 1. The maximum absolute atomic E-state index is 14.0. The summed E-state index contributed by atoms with van der Waals surface area (Å²) in [5, 5.41) is 4.69. The molecule has 3 aromatic heterocycles. The Morgan fingerprint density at radius 2 is 1.88 bits per heavy atom. The number of benzene rings is 1. The minimum absolute atomic E-state index is 0.0102. The van der Waals surface area contributed by atoms with Gasteiger partial charge in [-0.1, -0.05) is 30.2 Å². The molecule has 0 fully saturated rings. The van der Waals surface area contributed by atoms with Crippen LogP contribution in [0, 0.1) is 18.8 Å². The number of alkyl carbamates (subject to hydrolysis) is 1. The van der Waals surface area contributed by atoms with Gasteiger partial charge in [0, 0.05) is 37.8 Å². The molecule has 1 N–H and O–H groups in total. The Hall–Kier alpha value is -4.59. The zero-order valence-corrected chi connectivity index (χ0v) is 24.9. The standard InChI is InChI=1S/C30H37N7O4/c1-9-10-15-36-24-25(33-27(36)34(7)17-20(3)32-28(39)41-30(4,5)6)35(8)29(40)37(26(24)38)18-23-22-14-12-11-13-21(22)16-19(2)31-23/h11-14,16,20H,15,17-18H2,1-8H3,(H,32,39)/t20-/m1/s1. The van der Waals surface area contributed by atoms with Gasteiger partial charge in [0.2, 0.25) is 5.95 Å². The number of rotatable bonds is 7. The van der Waals surface area contributed by atoms with Gasteiger partial charge in [-0.05, 0) is 53.0 Å². The van der Waals surface area contributed by atoms with Crippen LogP contribution in [-0.2, 0) is 24.9 Å². The largest absolute Gasteiger partial charge is 0.444 e. The third kappa shape index (κ3) is 6.27. The molecule has 0 unspecified atom stereocenters. The Kier molecular flexibility index (Phi) is 8.24. The average molecular weight is 560 g/mol. The normalized spacial score (nSPS) is 12.2. The molecule has 0 spiro atoms. The maximum atomic E-state index is 14.0. The number of nitrogens with one attached hydrogen (secondary N) is 1. The zero-order valence-electron chi connectivity index (χ0n) is 24.9. The van der Waals surface area contributed by atoms with E-state index in [1.54, 1.807) is 39.3 Å². The highest BCUT2D eigenvalue weighted by molar-refractivity contribution is 5.85. The maximum Gasteiger partial charge on any atom is 0.407 e. The number of ether oxygens (including phenoxy) is 1. The monoisotopic (exact) mass is 559 g/mol. The lowest BCUT2D eigenvalue weighted by Gasteiger charge is -2.25. The molecular weight excluding hydrogens is 522 g/mol. The molecular formula is C30H37N7O4. The number of carbonyl (C=O) groups is 1. The van der Waals surface area contributed by atoms with Crippen molar-refractivity contribution < 1.29 is 9.53 Å². The van der Waals surface area contributed by atoms with Crippen molar-refractivity contribution in [3.8, 4) is 11.8 Å². The molecule has 3 heterocycles. The lowest BCUT2D eigenvalue weighted by Crippen LogP contribution is -2.43. The first-order chi connectivity index (χ1) is 19.3. The number of nitrogens with zero attached hydrogens (tertiary/aromatic N) is 6. The summed E-state index contributed by atoms with van der Waals surface area (Å²) in [4.78, 5) is 50.9. The summed E-state index contributed by atoms with van der Waals surface area (Å²) in [6.07, 6.45) is -0.522. The van der Waals surface area contributed by atoms with Gasteiger partial charge in [0.25, 0.3) is 5.56 Å². The molecule has 41 heavy (non-hydrogen) atoms. The van der Waals surface area contributed by atoms with E-state index in [2.05, 4.69) is 22.1 Å². The van der Waals surface area contributed by atoms with Crippen LogP contribution >= 0.6 is 0 Å². The lowest BCUT2D eigenvalue weighted by molar-refractivity contribution is 0.0510. The van der Waals surface area contributed by atoms with Gasteiger partial charge in [-0.3, -0.25) is 23.5 Å². The highest BCUT2D eigenvalue weighted by Gasteiger charge is 2.24. The molecule has 0 aliphatic heterocycles. The van der Waals surface area contributed by atoms with E-state index in [0.717, 1.165) is 16.5 Å². The molecule has 0 bridgehead atoms. The number of fused-ring (bicyclic) bond motifs is 2. The summed E-state index contributed by atoms with van der Waals surface area (Å²) in [7, 11) is 3.41. The van der Waals surface area contributed by atoms with Crippen LogP contribution in [-0.4, -0.2) is 55.0 Å². The third-order valence-electron chi connectivity index (χ3n) is 6.53. The van der Waals surface area contributed by atoms with E-state index in [4.69, 9.17) is 9.72 Å². The molecule has 216 valence electrons. The second kappa shape index (κ2) is 11.5. The Labute approximate surface area is 238 Å². The Bertz CT molecular complexity index is 1800. The fourth-order valence-corrected chi connectivity index (χ4v) is 4.83. The van der Waals surface area contributed by atoms with Crippen molar-refractivity contribution in [1.29, 1.82) is 0 Å². The fraction of sp³-hybridized carbons (Fsp3) is 0.433. The lowest BCUT2D eigenvalue weighted by atomic mass is 10.1. The van der Waals surface area contributed by atoms with Crippen LogP contribution in [0.2, 0.25) is 0 Å². The number of imidazole rings is 1. The van der Waals surface area contributed by atoms with Gasteiger partial charge in [0.1, 0.15) is 5.60 Å². The summed E-state index contributed by atoms with van der Waals surface area (Å²) >= 11 is 0. The summed E-state index contributed by atoms with van der Waals surface area (Å²) in [5.74, 6) is 6.34. The number of aromatic nitrogens is 5. The van der Waals surface area contributed by atoms with E-state index in [1.165, 1.54) is 9.13 Å². The number of hydrogen-bond donors (Lipinski definition) is 1. The molecule has 0 saturated heterocycles. The number of amides is 1. The number of pyridine rings is 1. The fourth-order valence-electron chi connectivity index (χ4n) is 4.83. The van der Waals surface area contributed by atoms with Crippen molar-refractivity contribution in [2.75, 3.05) is 18.5 Å². The first kappa shape index (κ1) is 29.4. The Morgan fingerprint density at radius 1 is 1.17 bits per heavy atom. The highest BCUT2D eigenvalue weighted by atomic mass is 16.6. The number of carbonyl (C=O) groups excluding carboxylic acids is 1. The molecule has 1 atom stereocenters. The third-order valence-corrected chi connectivity index (χ3v) is 6.53. The van der Waals surface area contributed by atoms with E-state index >= 15 is 0 Å². The Balaban J connectivity index is 1.78. The topological polar surface area (TPSA) is 116 Å². The van der Waals surface area contributed by atoms with Crippen LogP contribution < -0.4 is 21.5 Å². The van der Waals surface area contributed by atoms with Gasteiger partial charge < -0.3 is 15.0 Å². The minimum atomic E-state index is -0.618. The number of aryl methyl sites for hydroxylation is 2. The van der Waals surface area contributed by atoms with E-state index in [0.29, 0.717) is 18.2 Å². The minimum Gasteiger partial charge on any atom is -0.444 e. The first-order valence-electron chi connectivity index (χ1n) is 13.5. The van der Waals surface area contributed by atoms with Gasteiger partial charge in [0.15, 0.2) is 11.2 Å². The molecule has 4 aromatic rings. The van der Waals surface area contributed by atoms with Crippen LogP contribution in [0.3, 0.4) is 0 Å². The quantitative estimate of drug-likeness (QED) is 0.346. The summed E-state index contributed by atoms with van der Waals surface area (Å²) in [6.45, 7) is 11.4. The van der Waals surface area contributed by atoms with Crippen molar-refractivity contribution in [2.45, 2.75) is 66.3 Å². The van der Waals surface area contributed by atoms with Crippen LogP contribution in [0.5, 0.6) is 0 Å². The Morgan fingerprint density at radius 3 is 2.56 bits per heavy atom. The van der Waals surface area contributed by atoms with E-state index in [1.807, 2.05) is 56.1 Å². The predicted molar refractivity (Wildman–Crippen MR) is 160 cm³/mol. The van der Waals surface area contributed by atoms with Crippen LogP contribution in [0.15, 0.2) is 39.9 Å². The van der Waals surface area contributed by atoms with Crippen molar-refractivity contribution in [3.05, 3.63) is 62.6 Å². The molecule has 0 aliphatic rings. The van der Waals surface area contributed by atoms with Crippen LogP contribution in [0.1, 0.15) is 46.0 Å². The first-order valence-corrected chi connectivity index (χ1v) is 13.5. The summed E-state index contributed by atoms with van der Waals surface area (Å²) in [5.41, 5.74) is 0.375. The molecule has 1 amide bonds. The summed E-state index contributed by atoms with van der Waals surface area (Å²) < 4.78 is 9.66. The van der Waals surface area contributed by atoms with Gasteiger partial charge in [-0.2, -0.15) is 4.98 Å². The zero-order chi connectivity index (χ0) is 30.1. The number of hydrogen-bond acceptors (Lipinski definition) is 7. The van der Waals surface area contributed by atoms with Gasteiger partial charge in [-0.15, -0.1) is 5.92 Å². The molecule has 11 nitrogen and oxygen atoms in total. The van der Waals surface area contributed by atoms with Gasteiger partial charge >= 0.3 is 11.8 Å². The molecule has 0 radical (unpaired) electrons.